The number of anilines is 2. The molecule has 3 aromatic carbocycles. The van der Waals surface area contributed by atoms with Gasteiger partial charge in [-0.25, -0.2) is 0 Å². The molecule has 178 valence electrons. The van der Waals surface area contributed by atoms with E-state index in [9.17, 15) is 9.90 Å². The molecule has 1 aliphatic rings. The minimum atomic E-state index is -0.648. The number of furan rings is 1. The van der Waals surface area contributed by atoms with Gasteiger partial charge in [0.05, 0.1) is 30.9 Å². The summed E-state index contributed by atoms with van der Waals surface area (Å²) in [6, 6.07) is 22.4. The molecule has 35 heavy (non-hydrogen) atoms. The second-order valence-corrected chi connectivity index (χ2v) is 8.43. The van der Waals surface area contributed by atoms with Crippen molar-refractivity contribution in [3.63, 3.8) is 0 Å². The number of fused-ring (bicyclic) bond motifs is 1. The van der Waals surface area contributed by atoms with Gasteiger partial charge in [-0.1, -0.05) is 54.6 Å². The van der Waals surface area contributed by atoms with Crippen molar-refractivity contribution in [1.29, 1.82) is 0 Å². The van der Waals surface area contributed by atoms with Crippen LogP contribution in [0.2, 0.25) is 0 Å². The monoisotopic (exact) mass is 470 g/mol. The van der Waals surface area contributed by atoms with Gasteiger partial charge in [-0.3, -0.25) is 4.79 Å². The lowest BCUT2D eigenvalue weighted by atomic mass is 9.92. The van der Waals surface area contributed by atoms with E-state index in [1.807, 2.05) is 54.6 Å². The van der Waals surface area contributed by atoms with Crippen LogP contribution in [0.5, 0.6) is 0 Å². The van der Waals surface area contributed by atoms with Gasteiger partial charge >= 0.3 is 0 Å². The van der Waals surface area contributed by atoms with Gasteiger partial charge in [0.15, 0.2) is 5.76 Å². The Labute approximate surface area is 202 Å². The molecule has 0 aliphatic carbocycles. The van der Waals surface area contributed by atoms with E-state index in [2.05, 4.69) is 5.32 Å². The Balaban J connectivity index is 1.39. The first-order valence-electron chi connectivity index (χ1n) is 11.4. The Hall–Kier alpha value is -4.07. The average molecular weight is 471 g/mol. The van der Waals surface area contributed by atoms with E-state index in [-0.39, 0.29) is 18.3 Å². The van der Waals surface area contributed by atoms with Gasteiger partial charge < -0.3 is 30.0 Å². The minimum Gasteiger partial charge on any atom is -0.464 e. The number of benzene rings is 3. The van der Waals surface area contributed by atoms with Crippen LogP contribution < -0.4 is 11.1 Å². The summed E-state index contributed by atoms with van der Waals surface area (Å²) in [4.78, 5) is 13.1. The normalized spacial score (nSPS) is 17.6. The van der Waals surface area contributed by atoms with E-state index in [1.165, 1.54) is 0 Å². The second-order valence-electron chi connectivity index (χ2n) is 8.43. The molecule has 1 amide bonds. The molecular formula is C28H26N2O5. The molecule has 1 aliphatic heterocycles. The highest BCUT2D eigenvalue weighted by atomic mass is 16.7. The van der Waals surface area contributed by atoms with Crippen LogP contribution in [0.4, 0.5) is 11.4 Å². The summed E-state index contributed by atoms with van der Waals surface area (Å²) < 4.78 is 17.8. The number of allylic oxidation sites excluding steroid dienone is 1. The first kappa shape index (κ1) is 22.7. The van der Waals surface area contributed by atoms with Crippen molar-refractivity contribution in [3.8, 4) is 0 Å². The number of nitrogens with two attached hydrogens (primary N) is 1. The van der Waals surface area contributed by atoms with Crippen LogP contribution in [0.3, 0.4) is 0 Å². The minimum absolute atomic E-state index is 0.0115. The molecule has 0 spiro atoms. The third kappa shape index (κ3) is 5.06. The highest BCUT2D eigenvalue weighted by molar-refractivity contribution is 6.04. The van der Waals surface area contributed by atoms with Crippen molar-refractivity contribution in [3.05, 3.63) is 108 Å². The number of aliphatic hydroxyl groups excluding tert-OH is 1. The molecule has 0 radical (unpaired) electrons. The summed E-state index contributed by atoms with van der Waals surface area (Å²) in [7, 11) is 0. The Bertz CT molecular complexity index is 1360. The predicted molar refractivity (Wildman–Crippen MR) is 133 cm³/mol. The molecule has 0 fully saturated rings. The van der Waals surface area contributed by atoms with E-state index in [0.717, 1.165) is 27.7 Å². The number of aliphatic hydroxyl groups is 1. The number of ether oxygens (including phenoxy) is 2. The number of carbonyl (C=O) groups excluding carboxylic acids is 1. The highest BCUT2D eigenvalue weighted by Gasteiger charge is 2.30. The number of para-hydroxylation sites is 3. The topological polar surface area (TPSA) is 107 Å². The molecule has 2 atom stereocenters. The van der Waals surface area contributed by atoms with E-state index < -0.39 is 12.2 Å². The third-order valence-electron chi connectivity index (χ3n) is 6.04. The number of nitrogen functional groups attached to an aromatic ring is 1. The highest BCUT2D eigenvalue weighted by Crippen LogP contribution is 2.37. The molecule has 0 saturated heterocycles. The van der Waals surface area contributed by atoms with Crippen LogP contribution in [-0.4, -0.2) is 17.3 Å². The van der Waals surface area contributed by atoms with Crippen molar-refractivity contribution in [2.45, 2.75) is 31.8 Å². The standard InChI is InChI=1S/C28H26N2O5/c29-23-6-2-3-7-24(23)30-28(32)26-13-20(22-17-33-25-8-4-1-5-21(22)25)14-27(35-26)34-16-19-11-9-18(15-31)10-12-19/h1-13,17,20,27,31H,14-16,29H2,(H,30,32)/t20-,27+/m0/s1. The molecule has 5 rings (SSSR count). The van der Waals surface area contributed by atoms with Crippen molar-refractivity contribution < 1.29 is 23.8 Å². The van der Waals surface area contributed by atoms with Gasteiger partial charge in [-0.2, -0.15) is 0 Å². The molecule has 7 heteroatoms. The number of rotatable bonds is 7. The van der Waals surface area contributed by atoms with Crippen molar-refractivity contribution in [1.82, 2.24) is 0 Å². The van der Waals surface area contributed by atoms with Crippen LogP contribution in [0.1, 0.15) is 29.0 Å². The summed E-state index contributed by atoms with van der Waals surface area (Å²) in [5.41, 5.74) is 10.5. The zero-order valence-electron chi connectivity index (χ0n) is 19.0. The molecule has 0 bridgehead atoms. The number of carbonyl (C=O) groups is 1. The van der Waals surface area contributed by atoms with Gasteiger partial charge in [-0.05, 0) is 35.4 Å². The van der Waals surface area contributed by atoms with Gasteiger partial charge in [-0.15, -0.1) is 0 Å². The lowest BCUT2D eigenvalue weighted by molar-refractivity contribution is -0.147. The molecule has 4 aromatic rings. The van der Waals surface area contributed by atoms with Crippen LogP contribution in [0.25, 0.3) is 11.0 Å². The van der Waals surface area contributed by atoms with Crippen molar-refractivity contribution in [2.75, 3.05) is 11.1 Å². The van der Waals surface area contributed by atoms with E-state index >= 15 is 0 Å². The summed E-state index contributed by atoms with van der Waals surface area (Å²) in [5.74, 6) is -0.389. The van der Waals surface area contributed by atoms with Gasteiger partial charge in [0.25, 0.3) is 5.91 Å². The maximum Gasteiger partial charge on any atom is 0.290 e. The average Bonchev–Trinajstić information content (AvgIpc) is 3.33. The maximum atomic E-state index is 13.1. The molecule has 2 heterocycles. The van der Waals surface area contributed by atoms with Crippen molar-refractivity contribution >= 4 is 28.3 Å². The molecule has 1 aromatic heterocycles. The zero-order chi connectivity index (χ0) is 24.2. The number of hydrogen-bond donors (Lipinski definition) is 3. The maximum absolute atomic E-state index is 13.1. The third-order valence-corrected chi connectivity index (χ3v) is 6.04. The van der Waals surface area contributed by atoms with Gasteiger partial charge in [0.1, 0.15) is 5.58 Å². The number of amides is 1. The summed E-state index contributed by atoms with van der Waals surface area (Å²) in [6.07, 6.45) is 3.40. The van der Waals surface area contributed by atoms with E-state index in [4.69, 9.17) is 19.6 Å². The Morgan fingerprint density at radius 3 is 2.57 bits per heavy atom. The fourth-order valence-electron chi connectivity index (χ4n) is 4.15. The van der Waals surface area contributed by atoms with E-state index in [0.29, 0.717) is 24.4 Å². The Morgan fingerprint density at radius 2 is 1.77 bits per heavy atom. The zero-order valence-corrected chi connectivity index (χ0v) is 19.0. The van der Waals surface area contributed by atoms with Crippen LogP contribution >= 0.6 is 0 Å². The lowest BCUT2D eigenvalue weighted by Crippen LogP contribution is -2.29. The molecule has 4 N–H and O–H groups in total. The smallest absolute Gasteiger partial charge is 0.290 e. The van der Waals surface area contributed by atoms with Gasteiger partial charge in [0, 0.05) is 23.3 Å². The van der Waals surface area contributed by atoms with Crippen molar-refractivity contribution in [2.24, 2.45) is 0 Å². The number of hydrogen-bond acceptors (Lipinski definition) is 6. The molecular weight excluding hydrogens is 444 g/mol. The lowest BCUT2D eigenvalue weighted by Gasteiger charge is -2.29. The van der Waals surface area contributed by atoms with Gasteiger partial charge in [0.2, 0.25) is 6.29 Å². The van der Waals surface area contributed by atoms with Crippen LogP contribution in [0, 0.1) is 0 Å². The SMILES string of the molecule is Nc1ccccc1NC(=O)C1=C[C@H](c2coc3ccccc23)C[C@H](OCc2ccc(CO)cc2)O1. The quantitative estimate of drug-likeness (QED) is 0.325. The Kier molecular flexibility index (Phi) is 6.52. The van der Waals surface area contributed by atoms with Crippen LogP contribution in [0.15, 0.2) is 95.3 Å². The first-order chi connectivity index (χ1) is 17.1. The second kappa shape index (κ2) is 10.0. The first-order valence-corrected chi connectivity index (χ1v) is 11.4. The summed E-state index contributed by atoms with van der Waals surface area (Å²) >= 11 is 0. The molecule has 0 saturated carbocycles. The molecule has 0 unspecified atom stereocenters. The predicted octanol–water partition coefficient (Wildman–Crippen LogP) is 5.08. The van der Waals surface area contributed by atoms with E-state index in [1.54, 1.807) is 30.5 Å². The summed E-state index contributed by atoms with van der Waals surface area (Å²) in [5, 5.41) is 13.1. The Morgan fingerprint density at radius 1 is 1.03 bits per heavy atom. The fourth-order valence-corrected chi connectivity index (χ4v) is 4.15. The largest absolute Gasteiger partial charge is 0.464 e. The fraction of sp³-hybridized carbons (Fsp3) is 0.179. The molecule has 7 nitrogen and oxygen atoms in total. The number of nitrogens with one attached hydrogen (secondary N) is 1. The van der Waals surface area contributed by atoms with Crippen LogP contribution in [-0.2, 0) is 27.5 Å². The summed E-state index contributed by atoms with van der Waals surface area (Å²) in [6.45, 7) is 0.290.